The first-order valence-corrected chi connectivity index (χ1v) is 13.8. The summed E-state index contributed by atoms with van der Waals surface area (Å²) in [6.07, 6.45) is 4.44. The lowest BCUT2D eigenvalue weighted by molar-refractivity contribution is -0.143. The van der Waals surface area contributed by atoms with E-state index in [1.165, 1.54) is 0 Å². The van der Waals surface area contributed by atoms with Gasteiger partial charge in [0.1, 0.15) is 11.8 Å². The van der Waals surface area contributed by atoms with Gasteiger partial charge in [-0.25, -0.2) is 0 Å². The van der Waals surface area contributed by atoms with Crippen LogP contribution in [0, 0.1) is 13.8 Å². The Balaban J connectivity index is 1.65. The van der Waals surface area contributed by atoms with Crippen molar-refractivity contribution in [1.82, 2.24) is 10.2 Å². The van der Waals surface area contributed by atoms with Gasteiger partial charge in [0.15, 0.2) is 6.61 Å². The zero-order chi connectivity index (χ0) is 27.1. The molecule has 1 aliphatic rings. The van der Waals surface area contributed by atoms with E-state index in [1.54, 1.807) is 23.1 Å². The average Bonchev–Trinajstić information content (AvgIpc) is 3.41. The molecule has 200 valence electrons. The van der Waals surface area contributed by atoms with Crippen molar-refractivity contribution in [3.63, 3.8) is 0 Å². The summed E-state index contributed by atoms with van der Waals surface area (Å²) in [5, 5.41) is 4.09. The van der Waals surface area contributed by atoms with Gasteiger partial charge in [-0.3, -0.25) is 9.59 Å². The van der Waals surface area contributed by atoms with E-state index in [-0.39, 0.29) is 31.0 Å². The van der Waals surface area contributed by atoms with Gasteiger partial charge in [-0.1, -0.05) is 78.5 Å². The van der Waals surface area contributed by atoms with Gasteiger partial charge in [-0.05, 0) is 67.6 Å². The van der Waals surface area contributed by atoms with Crippen molar-refractivity contribution in [1.29, 1.82) is 0 Å². The van der Waals surface area contributed by atoms with Crippen LogP contribution in [-0.2, 0) is 22.6 Å². The van der Waals surface area contributed by atoms with Crippen LogP contribution in [0.3, 0.4) is 0 Å². The number of halogens is 2. The SMILES string of the molecule is Cc1ccc(OCC(=O)N(Cc2c(Cl)cccc2Cl)[C@@H](Cc2ccccc2)C(=O)NC2CCCC2)cc1C. The predicted molar refractivity (Wildman–Crippen MR) is 153 cm³/mol. The third-order valence-electron chi connectivity index (χ3n) is 7.20. The van der Waals surface area contributed by atoms with Gasteiger partial charge >= 0.3 is 0 Å². The first-order valence-electron chi connectivity index (χ1n) is 13.1. The molecule has 0 heterocycles. The Morgan fingerprint density at radius 2 is 1.63 bits per heavy atom. The predicted octanol–water partition coefficient (Wildman–Crippen LogP) is 6.69. The highest BCUT2D eigenvalue weighted by molar-refractivity contribution is 6.36. The molecular formula is C31H34Cl2N2O3. The molecule has 0 radical (unpaired) electrons. The number of hydrogen-bond donors (Lipinski definition) is 1. The number of rotatable bonds is 10. The van der Waals surface area contributed by atoms with Crippen molar-refractivity contribution in [2.45, 2.75) is 64.6 Å². The first-order chi connectivity index (χ1) is 18.3. The Hall–Kier alpha value is -3.02. The molecule has 0 bridgehead atoms. The van der Waals surface area contributed by atoms with Crippen molar-refractivity contribution >= 4 is 35.0 Å². The maximum atomic E-state index is 13.8. The topological polar surface area (TPSA) is 58.6 Å². The fraction of sp³-hybridized carbons (Fsp3) is 0.355. The molecule has 3 aromatic rings. The zero-order valence-electron chi connectivity index (χ0n) is 21.9. The molecule has 7 heteroatoms. The number of aryl methyl sites for hydroxylation is 2. The number of benzene rings is 3. The third kappa shape index (κ3) is 7.30. The standard InChI is InChI=1S/C31H34Cl2N2O3/c1-21-15-16-25(17-22(21)2)38-20-30(36)35(19-26-27(32)13-8-14-28(26)33)29(18-23-9-4-3-5-10-23)31(37)34-24-11-6-7-12-24/h3-5,8-10,13-17,24,29H,6-7,11-12,18-20H2,1-2H3,(H,34,37)/t29-/m0/s1. The van der Waals surface area contributed by atoms with Gasteiger partial charge in [0.2, 0.25) is 5.91 Å². The van der Waals surface area contributed by atoms with E-state index in [0.717, 1.165) is 42.4 Å². The van der Waals surface area contributed by atoms with Crippen LogP contribution in [0.5, 0.6) is 5.75 Å². The number of amides is 2. The van der Waals surface area contributed by atoms with Gasteiger partial charge in [-0.2, -0.15) is 0 Å². The smallest absolute Gasteiger partial charge is 0.261 e. The van der Waals surface area contributed by atoms with E-state index >= 15 is 0 Å². The molecule has 2 amide bonds. The van der Waals surface area contributed by atoms with Crippen molar-refractivity contribution < 1.29 is 14.3 Å². The molecule has 1 N–H and O–H groups in total. The van der Waals surface area contributed by atoms with E-state index in [4.69, 9.17) is 27.9 Å². The molecule has 0 aliphatic heterocycles. The lowest BCUT2D eigenvalue weighted by Crippen LogP contribution is -2.53. The summed E-state index contributed by atoms with van der Waals surface area (Å²) in [6, 6.07) is 20.0. The van der Waals surface area contributed by atoms with Crippen LogP contribution in [-0.4, -0.2) is 35.4 Å². The first kappa shape index (κ1) is 28.0. The van der Waals surface area contributed by atoms with Gasteiger partial charge < -0.3 is 15.0 Å². The molecular weight excluding hydrogens is 519 g/mol. The van der Waals surface area contributed by atoms with Crippen LogP contribution in [0.1, 0.15) is 47.9 Å². The summed E-state index contributed by atoms with van der Waals surface area (Å²) < 4.78 is 5.91. The van der Waals surface area contributed by atoms with Crippen molar-refractivity contribution in [2.24, 2.45) is 0 Å². The maximum Gasteiger partial charge on any atom is 0.261 e. The molecule has 0 spiro atoms. The normalized spacial score (nSPS) is 14.2. The van der Waals surface area contributed by atoms with Crippen LogP contribution in [0.4, 0.5) is 0 Å². The molecule has 3 aromatic carbocycles. The van der Waals surface area contributed by atoms with Gasteiger partial charge in [-0.15, -0.1) is 0 Å². The molecule has 38 heavy (non-hydrogen) atoms. The molecule has 0 unspecified atom stereocenters. The molecule has 1 saturated carbocycles. The van der Waals surface area contributed by atoms with Gasteiger partial charge in [0.05, 0.1) is 0 Å². The van der Waals surface area contributed by atoms with Crippen LogP contribution in [0.25, 0.3) is 0 Å². The number of nitrogens with zero attached hydrogens (tertiary/aromatic N) is 1. The second kappa shape index (κ2) is 13.2. The highest BCUT2D eigenvalue weighted by Gasteiger charge is 2.33. The fourth-order valence-corrected chi connectivity index (χ4v) is 5.32. The minimum atomic E-state index is -0.763. The van der Waals surface area contributed by atoms with E-state index in [1.807, 2.05) is 62.4 Å². The minimum absolute atomic E-state index is 0.0865. The number of carbonyl (C=O) groups excluding carboxylic acids is 2. The Kier molecular flexibility index (Phi) is 9.70. The Bertz CT molecular complexity index is 1240. The lowest BCUT2D eigenvalue weighted by Gasteiger charge is -2.32. The van der Waals surface area contributed by atoms with Crippen molar-refractivity contribution in [3.8, 4) is 5.75 Å². The van der Waals surface area contributed by atoms with Crippen LogP contribution >= 0.6 is 23.2 Å². The van der Waals surface area contributed by atoms with Crippen LogP contribution in [0.15, 0.2) is 66.7 Å². The van der Waals surface area contributed by atoms with Gasteiger partial charge in [0, 0.05) is 34.6 Å². The van der Waals surface area contributed by atoms with Crippen LogP contribution < -0.4 is 10.1 Å². The second-order valence-electron chi connectivity index (χ2n) is 9.95. The summed E-state index contributed by atoms with van der Waals surface area (Å²) in [5.74, 6) is 0.109. The molecule has 0 aromatic heterocycles. The van der Waals surface area contributed by atoms with E-state index < -0.39 is 6.04 Å². The molecule has 0 saturated heterocycles. The molecule has 5 nitrogen and oxygen atoms in total. The van der Waals surface area contributed by atoms with Crippen molar-refractivity contribution in [2.75, 3.05) is 6.61 Å². The highest BCUT2D eigenvalue weighted by atomic mass is 35.5. The molecule has 1 fully saturated rings. The Morgan fingerprint density at radius 3 is 2.29 bits per heavy atom. The molecule has 4 rings (SSSR count). The average molecular weight is 554 g/mol. The number of nitrogens with one attached hydrogen (secondary N) is 1. The summed E-state index contributed by atoms with van der Waals surface area (Å²) >= 11 is 13.0. The summed E-state index contributed by atoms with van der Waals surface area (Å²) in [4.78, 5) is 29.1. The lowest BCUT2D eigenvalue weighted by atomic mass is 10.0. The molecule has 1 atom stereocenters. The fourth-order valence-electron chi connectivity index (χ4n) is 4.81. The largest absolute Gasteiger partial charge is 0.484 e. The zero-order valence-corrected chi connectivity index (χ0v) is 23.4. The third-order valence-corrected chi connectivity index (χ3v) is 7.91. The van der Waals surface area contributed by atoms with Crippen LogP contribution in [0.2, 0.25) is 10.0 Å². The number of ether oxygens (including phenoxy) is 1. The Morgan fingerprint density at radius 1 is 0.947 bits per heavy atom. The summed E-state index contributed by atoms with van der Waals surface area (Å²) in [6.45, 7) is 3.89. The maximum absolute atomic E-state index is 13.8. The van der Waals surface area contributed by atoms with Gasteiger partial charge in [0.25, 0.3) is 5.91 Å². The quantitative estimate of drug-likeness (QED) is 0.305. The van der Waals surface area contributed by atoms with Crippen molar-refractivity contribution in [3.05, 3.63) is 99.0 Å². The van der Waals surface area contributed by atoms with E-state index in [2.05, 4.69) is 5.32 Å². The minimum Gasteiger partial charge on any atom is -0.484 e. The number of carbonyl (C=O) groups is 2. The highest BCUT2D eigenvalue weighted by Crippen LogP contribution is 2.28. The Labute approximate surface area is 235 Å². The summed E-state index contributed by atoms with van der Waals surface area (Å²) in [7, 11) is 0. The summed E-state index contributed by atoms with van der Waals surface area (Å²) in [5.41, 5.74) is 3.78. The molecule has 1 aliphatic carbocycles. The monoisotopic (exact) mass is 552 g/mol. The van der Waals surface area contributed by atoms with E-state index in [0.29, 0.717) is 27.8 Å². The second-order valence-corrected chi connectivity index (χ2v) is 10.8. The number of hydrogen-bond acceptors (Lipinski definition) is 3. The van der Waals surface area contributed by atoms with E-state index in [9.17, 15) is 9.59 Å².